The van der Waals surface area contributed by atoms with Gasteiger partial charge in [0.25, 0.3) is 0 Å². The van der Waals surface area contributed by atoms with Gasteiger partial charge in [-0.3, -0.25) is 4.84 Å². The highest BCUT2D eigenvalue weighted by atomic mass is 79.9. The summed E-state index contributed by atoms with van der Waals surface area (Å²) in [5.41, 5.74) is 1.95. The number of benzene rings is 1. The first-order chi connectivity index (χ1) is 7.29. The first-order valence-electron chi connectivity index (χ1n) is 4.31. The van der Waals surface area contributed by atoms with Crippen molar-refractivity contribution >= 4 is 27.3 Å². The molecule has 15 heavy (non-hydrogen) atoms. The molecule has 0 atom stereocenters. The van der Waals surface area contributed by atoms with Gasteiger partial charge in [-0.15, -0.1) is 11.3 Å². The molecule has 2 rings (SSSR count). The van der Waals surface area contributed by atoms with Crippen LogP contribution in [0.25, 0.3) is 10.6 Å². The Balaban J connectivity index is 2.29. The molecular formula is C10H9BrN2OS. The standard InChI is InChI=1S/C10H9BrN2OS/c11-8-3-1-2-7(4-8)10-13-9(5-14-12)6-15-10/h1-4,6H,5,12H2. The molecule has 0 amide bonds. The van der Waals surface area contributed by atoms with Gasteiger partial charge < -0.3 is 0 Å². The van der Waals surface area contributed by atoms with Gasteiger partial charge in [-0.25, -0.2) is 10.9 Å². The summed E-state index contributed by atoms with van der Waals surface area (Å²) < 4.78 is 1.05. The Kier molecular flexibility index (Phi) is 3.48. The number of hydrogen-bond acceptors (Lipinski definition) is 4. The molecule has 2 aromatic rings. The molecule has 2 N–H and O–H groups in total. The van der Waals surface area contributed by atoms with E-state index >= 15 is 0 Å². The molecule has 0 aliphatic rings. The zero-order valence-electron chi connectivity index (χ0n) is 7.81. The molecule has 0 fully saturated rings. The Morgan fingerprint density at radius 2 is 2.33 bits per heavy atom. The molecule has 1 aromatic heterocycles. The van der Waals surface area contributed by atoms with Crippen molar-refractivity contribution in [1.29, 1.82) is 0 Å². The summed E-state index contributed by atoms with van der Waals surface area (Å²) in [5.74, 6) is 4.99. The Labute approximate surface area is 100.0 Å². The molecule has 0 saturated heterocycles. The van der Waals surface area contributed by atoms with Gasteiger partial charge in [0.1, 0.15) is 11.6 Å². The monoisotopic (exact) mass is 284 g/mol. The predicted octanol–water partition coefficient (Wildman–Crippen LogP) is 2.96. The Morgan fingerprint density at radius 1 is 1.47 bits per heavy atom. The van der Waals surface area contributed by atoms with Crippen molar-refractivity contribution in [3.8, 4) is 10.6 Å². The van der Waals surface area contributed by atoms with E-state index in [0.29, 0.717) is 6.61 Å². The Morgan fingerprint density at radius 3 is 3.07 bits per heavy atom. The highest BCUT2D eigenvalue weighted by Gasteiger charge is 2.04. The second-order valence-electron chi connectivity index (χ2n) is 2.97. The van der Waals surface area contributed by atoms with Gasteiger partial charge in [0.05, 0.1) is 5.69 Å². The fraction of sp³-hybridized carbons (Fsp3) is 0.100. The van der Waals surface area contributed by atoms with Gasteiger partial charge in [0.15, 0.2) is 0 Å². The van der Waals surface area contributed by atoms with Crippen LogP contribution in [0, 0.1) is 0 Å². The molecule has 0 spiro atoms. The third-order valence-corrected chi connectivity index (χ3v) is 3.29. The number of nitrogens with two attached hydrogens (primary N) is 1. The van der Waals surface area contributed by atoms with Crippen LogP contribution in [0.15, 0.2) is 34.1 Å². The van der Waals surface area contributed by atoms with E-state index in [1.165, 1.54) is 0 Å². The van der Waals surface area contributed by atoms with E-state index in [1.807, 2.05) is 29.6 Å². The largest absolute Gasteiger partial charge is 0.298 e. The highest BCUT2D eigenvalue weighted by molar-refractivity contribution is 9.10. The predicted molar refractivity (Wildman–Crippen MR) is 64.2 cm³/mol. The number of rotatable bonds is 3. The molecule has 1 heterocycles. The van der Waals surface area contributed by atoms with Crippen LogP contribution in [-0.2, 0) is 11.4 Å². The Hall–Kier alpha value is -0.750. The van der Waals surface area contributed by atoms with Gasteiger partial charge in [-0.05, 0) is 12.1 Å². The minimum absolute atomic E-state index is 0.352. The summed E-state index contributed by atoms with van der Waals surface area (Å²) in [6, 6.07) is 8.03. The van der Waals surface area contributed by atoms with Crippen LogP contribution in [0.1, 0.15) is 5.69 Å². The lowest BCUT2D eigenvalue weighted by Crippen LogP contribution is -1.98. The van der Waals surface area contributed by atoms with Crippen molar-refractivity contribution in [3.63, 3.8) is 0 Å². The second-order valence-corrected chi connectivity index (χ2v) is 4.74. The molecule has 0 saturated carbocycles. The van der Waals surface area contributed by atoms with E-state index in [4.69, 9.17) is 5.90 Å². The fourth-order valence-electron chi connectivity index (χ4n) is 1.21. The van der Waals surface area contributed by atoms with E-state index in [0.717, 1.165) is 20.7 Å². The third kappa shape index (κ3) is 2.63. The molecule has 78 valence electrons. The van der Waals surface area contributed by atoms with Gasteiger partial charge in [0, 0.05) is 15.4 Å². The molecule has 0 radical (unpaired) electrons. The van der Waals surface area contributed by atoms with Crippen LogP contribution in [0.3, 0.4) is 0 Å². The summed E-state index contributed by atoms with van der Waals surface area (Å²) in [5, 5.41) is 2.92. The molecule has 0 unspecified atom stereocenters. The molecule has 0 bridgehead atoms. The first kappa shape index (κ1) is 10.8. The van der Waals surface area contributed by atoms with Gasteiger partial charge >= 0.3 is 0 Å². The molecule has 1 aromatic carbocycles. The number of thiazole rings is 1. The maximum atomic E-state index is 4.99. The summed E-state index contributed by atoms with van der Waals surface area (Å²) in [6.45, 7) is 0.352. The highest BCUT2D eigenvalue weighted by Crippen LogP contribution is 2.26. The molecule has 0 aliphatic heterocycles. The van der Waals surface area contributed by atoms with Crippen LogP contribution in [0.5, 0.6) is 0 Å². The van der Waals surface area contributed by atoms with Gasteiger partial charge in [0.2, 0.25) is 0 Å². The van der Waals surface area contributed by atoms with Crippen LogP contribution in [-0.4, -0.2) is 4.98 Å². The van der Waals surface area contributed by atoms with Crippen molar-refractivity contribution < 1.29 is 4.84 Å². The number of halogens is 1. The fourth-order valence-corrected chi connectivity index (χ4v) is 2.41. The molecule has 5 heteroatoms. The van der Waals surface area contributed by atoms with Gasteiger partial charge in [-0.1, -0.05) is 28.1 Å². The summed E-state index contributed by atoms with van der Waals surface area (Å²) in [6.07, 6.45) is 0. The molecular weight excluding hydrogens is 276 g/mol. The first-order valence-corrected chi connectivity index (χ1v) is 5.99. The maximum Gasteiger partial charge on any atom is 0.123 e. The third-order valence-electron chi connectivity index (χ3n) is 1.85. The van der Waals surface area contributed by atoms with Gasteiger partial charge in [-0.2, -0.15) is 0 Å². The summed E-state index contributed by atoms with van der Waals surface area (Å²) in [4.78, 5) is 8.94. The zero-order chi connectivity index (χ0) is 10.7. The maximum absolute atomic E-state index is 4.99. The van der Waals surface area contributed by atoms with E-state index in [9.17, 15) is 0 Å². The normalized spacial score (nSPS) is 10.5. The van der Waals surface area contributed by atoms with E-state index in [1.54, 1.807) is 11.3 Å². The smallest absolute Gasteiger partial charge is 0.123 e. The number of nitrogens with zero attached hydrogens (tertiary/aromatic N) is 1. The van der Waals surface area contributed by atoms with Crippen molar-refractivity contribution in [2.24, 2.45) is 5.90 Å². The number of aromatic nitrogens is 1. The zero-order valence-corrected chi connectivity index (χ0v) is 10.2. The summed E-state index contributed by atoms with van der Waals surface area (Å²) in [7, 11) is 0. The SMILES string of the molecule is NOCc1csc(-c2cccc(Br)c2)n1. The minimum atomic E-state index is 0.352. The van der Waals surface area contributed by atoms with E-state index in [-0.39, 0.29) is 0 Å². The van der Waals surface area contributed by atoms with Crippen LogP contribution >= 0.6 is 27.3 Å². The minimum Gasteiger partial charge on any atom is -0.298 e. The molecule has 3 nitrogen and oxygen atoms in total. The van der Waals surface area contributed by atoms with Crippen molar-refractivity contribution in [1.82, 2.24) is 4.98 Å². The average molecular weight is 285 g/mol. The average Bonchev–Trinajstić information content (AvgIpc) is 2.67. The Bertz CT molecular complexity index is 458. The van der Waals surface area contributed by atoms with Crippen molar-refractivity contribution in [2.75, 3.05) is 0 Å². The lowest BCUT2D eigenvalue weighted by atomic mass is 10.2. The van der Waals surface area contributed by atoms with Crippen molar-refractivity contribution in [3.05, 3.63) is 39.8 Å². The summed E-state index contributed by atoms with van der Waals surface area (Å²) >= 11 is 5.01. The van der Waals surface area contributed by atoms with Crippen LogP contribution in [0.4, 0.5) is 0 Å². The quantitative estimate of drug-likeness (QED) is 0.882. The topological polar surface area (TPSA) is 48.1 Å². The molecule has 0 aliphatic carbocycles. The lowest BCUT2D eigenvalue weighted by molar-refractivity contribution is 0.122. The van der Waals surface area contributed by atoms with Crippen molar-refractivity contribution in [2.45, 2.75) is 6.61 Å². The van der Waals surface area contributed by atoms with Crippen LogP contribution < -0.4 is 5.90 Å². The van der Waals surface area contributed by atoms with E-state index in [2.05, 4.69) is 25.8 Å². The van der Waals surface area contributed by atoms with Crippen LogP contribution in [0.2, 0.25) is 0 Å². The lowest BCUT2D eigenvalue weighted by Gasteiger charge is -1.96. The second kappa shape index (κ2) is 4.85. The number of hydrogen-bond donors (Lipinski definition) is 1. The van der Waals surface area contributed by atoms with E-state index < -0.39 is 0 Å².